The van der Waals surface area contributed by atoms with Crippen molar-refractivity contribution in [2.24, 2.45) is 4.58 Å². The summed E-state index contributed by atoms with van der Waals surface area (Å²) in [5.41, 5.74) is 6.04. The van der Waals surface area contributed by atoms with E-state index in [0.29, 0.717) is 16.6 Å². The Morgan fingerprint density at radius 3 is 2.72 bits per heavy atom. The largest absolute Gasteiger partial charge is 0.387 e. The van der Waals surface area contributed by atoms with E-state index >= 15 is 0 Å². The standard InChI is InChI=1S/C22H23ClN4OS/c1-29(27-28)8-5-19(6-9-29)26-22-12-18(10-16-4-7-25-14-20(16)22)15-2-3-17(13-24)21(23)11-15/h2-4,7,10-12,19,25-26H,5-6,8-9,14H2,1H3. The highest BCUT2D eigenvalue weighted by Crippen LogP contribution is 2.50. The minimum atomic E-state index is -1.32. The monoisotopic (exact) mass is 426 g/mol. The molecule has 150 valence electrons. The van der Waals surface area contributed by atoms with Gasteiger partial charge in [-0.25, -0.2) is 0 Å². The molecular weight excluding hydrogens is 404 g/mol. The zero-order valence-corrected chi connectivity index (χ0v) is 17.8. The van der Waals surface area contributed by atoms with Crippen LogP contribution in [0.25, 0.3) is 17.2 Å². The summed E-state index contributed by atoms with van der Waals surface area (Å²) in [6.45, 7) is 0.772. The summed E-state index contributed by atoms with van der Waals surface area (Å²) in [6.07, 6.45) is 8.00. The van der Waals surface area contributed by atoms with Gasteiger partial charge in [0.1, 0.15) is 6.07 Å². The molecule has 29 heavy (non-hydrogen) atoms. The van der Waals surface area contributed by atoms with Crippen molar-refractivity contribution >= 4 is 33.6 Å². The number of hydrogen-bond acceptors (Lipinski definition) is 5. The molecule has 4 rings (SSSR count). The van der Waals surface area contributed by atoms with Crippen LogP contribution in [0.2, 0.25) is 5.02 Å². The van der Waals surface area contributed by atoms with Crippen molar-refractivity contribution in [3.05, 3.63) is 63.2 Å². The number of nitroso groups, excluding NO2 is 1. The molecule has 0 aromatic heterocycles. The maximum Gasteiger partial charge on any atom is 0.101 e. The molecule has 0 radical (unpaired) electrons. The van der Waals surface area contributed by atoms with Crippen LogP contribution in [0.1, 0.15) is 29.5 Å². The Bertz CT molecular complexity index is 1020. The first-order chi connectivity index (χ1) is 14.0. The van der Waals surface area contributed by atoms with Crippen LogP contribution in [0.15, 0.2) is 41.1 Å². The summed E-state index contributed by atoms with van der Waals surface area (Å²) < 4.78 is 3.42. The van der Waals surface area contributed by atoms with Crippen LogP contribution in [0.5, 0.6) is 0 Å². The third-order valence-electron chi connectivity index (χ3n) is 5.72. The van der Waals surface area contributed by atoms with Crippen LogP contribution in [0.3, 0.4) is 0 Å². The van der Waals surface area contributed by atoms with Gasteiger partial charge in [0, 0.05) is 35.3 Å². The second-order valence-electron chi connectivity index (χ2n) is 7.74. The fraction of sp³-hybridized carbons (Fsp3) is 0.318. The quantitative estimate of drug-likeness (QED) is 0.620. The number of nitrogens with one attached hydrogen (secondary N) is 2. The molecule has 2 heterocycles. The van der Waals surface area contributed by atoms with Gasteiger partial charge in [-0.05, 0) is 76.9 Å². The summed E-state index contributed by atoms with van der Waals surface area (Å²) in [5, 5.41) is 16.6. The highest BCUT2D eigenvalue weighted by molar-refractivity contribution is 8.32. The predicted molar refractivity (Wildman–Crippen MR) is 123 cm³/mol. The van der Waals surface area contributed by atoms with Gasteiger partial charge in [-0.1, -0.05) is 17.7 Å². The van der Waals surface area contributed by atoms with Crippen LogP contribution >= 0.6 is 21.8 Å². The minimum Gasteiger partial charge on any atom is -0.387 e. The number of halogens is 1. The van der Waals surface area contributed by atoms with E-state index in [2.05, 4.69) is 39.5 Å². The first-order valence-electron chi connectivity index (χ1n) is 9.63. The maximum atomic E-state index is 11.1. The van der Waals surface area contributed by atoms with E-state index < -0.39 is 10.2 Å². The average molecular weight is 427 g/mol. The van der Waals surface area contributed by atoms with Gasteiger partial charge in [-0.2, -0.15) is 5.26 Å². The Labute approximate surface area is 177 Å². The van der Waals surface area contributed by atoms with E-state index in [1.165, 1.54) is 11.1 Å². The molecule has 1 saturated heterocycles. The SMILES string of the molecule is CS1(N=O)CCC(Nc2cc(-c3ccc(C#N)c(Cl)c3)cc3c2CNC=C3)CC1. The molecule has 2 aliphatic rings. The molecule has 0 unspecified atom stereocenters. The summed E-state index contributed by atoms with van der Waals surface area (Å²) >= 11 is 6.26. The molecular formula is C22H23ClN4OS. The summed E-state index contributed by atoms with van der Waals surface area (Å²) in [4.78, 5) is 11.1. The molecule has 0 saturated carbocycles. The normalized spacial score (nSPS) is 25.1. The van der Waals surface area contributed by atoms with Gasteiger partial charge >= 0.3 is 0 Å². The maximum absolute atomic E-state index is 11.1. The Balaban J connectivity index is 1.66. The molecule has 0 aliphatic carbocycles. The van der Waals surface area contributed by atoms with Gasteiger partial charge in [0.2, 0.25) is 0 Å². The fourth-order valence-corrected chi connectivity index (χ4v) is 6.07. The fourth-order valence-electron chi connectivity index (χ4n) is 3.91. The Morgan fingerprint density at radius 2 is 2.03 bits per heavy atom. The second-order valence-corrected chi connectivity index (χ2v) is 11.6. The second kappa shape index (κ2) is 8.10. The molecule has 2 N–H and O–H groups in total. The van der Waals surface area contributed by atoms with Crippen molar-refractivity contribution in [2.75, 3.05) is 23.1 Å². The van der Waals surface area contributed by atoms with Gasteiger partial charge < -0.3 is 10.6 Å². The zero-order chi connectivity index (χ0) is 20.4. The van der Waals surface area contributed by atoms with E-state index in [1.807, 2.05) is 24.6 Å². The third kappa shape index (κ3) is 4.12. The van der Waals surface area contributed by atoms with E-state index in [9.17, 15) is 4.91 Å². The van der Waals surface area contributed by atoms with Crippen LogP contribution < -0.4 is 10.6 Å². The number of fused-ring (bicyclic) bond motifs is 1. The summed E-state index contributed by atoms with van der Waals surface area (Å²) in [5.74, 6) is 1.78. The van der Waals surface area contributed by atoms with Crippen molar-refractivity contribution in [3.8, 4) is 17.2 Å². The molecule has 2 aromatic carbocycles. The lowest BCUT2D eigenvalue weighted by Gasteiger charge is -2.36. The topological polar surface area (TPSA) is 77.3 Å². The molecule has 1 fully saturated rings. The number of hydrogen-bond donors (Lipinski definition) is 2. The number of nitrogens with zero attached hydrogens (tertiary/aromatic N) is 2. The van der Waals surface area contributed by atoms with Crippen molar-refractivity contribution < 1.29 is 0 Å². The lowest BCUT2D eigenvalue weighted by Crippen LogP contribution is -2.30. The number of anilines is 1. The van der Waals surface area contributed by atoms with Crippen molar-refractivity contribution in [1.29, 1.82) is 5.26 Å². The van der Waals surface area contributed by atoms with E-state index in [-0.39, 0.29) is 0 Å². The van der Waals surface area contributed by atoms with Gasteiger partial charge in [-0.3, -0.25) is 0 Å². The van der Waals surface area contributed by atoms with E-state index in [1.54, 1.807) is 6.07 Å². The Kier molecular flexibility index (Phi) is 5.53. The van der Waals surface area contributed by atoms with Crippen LogP contribution in [0.4, 0.5) is 5.69 Å². The number of benzene rings is 2. The van der Waals surface area contributed by atoms with Gasteiger partial charge in [0.25, 0.3) is 0 Å². The average Bonchev–Trinajstić information content (AvgIpc) is 2.75. The smallest absolute Gasteiger partial charge is 0.101 e. The molecule has 0 spiro atoms. The molecule has 2 aliphatic heterocycles. The molecule has 2 aromatic rings. The molecule has 7 heteroatoms. The van der Waals surface area contributed by atoms with E-state index in [4.69, 9.17) is 16.9 Å². The molecule has 0 amide bonds. The lowest BCUT2D eigenvalue weighted by molar-refractivity contribution is 0.657. The zero-order valence-electron chi connectivity index (χ0n) is 16.2. The number of nitriles is 1. The van der Waals surface area contributed by atoms with Gasteiger partial charge in [-0.15, -0.1) is 15.1 Å². The summed E-state index contributed by atoms with van der Waals surface area (Å²) in [6, 6.07) is 12.3. The van der Waals surface area contributed by atoms with Crippen LogP contribution in [0, 0.1) is 16.2 Å². The molecule has 0 bridgehead atoms. The van der Waals surface area contributed by atoms with Gasteiger partial charge in [0.15, 0.2) is 0 Å². The van der Waals surface area contributed by atoms with Gasteiger partial charge in [0.05, 0.1) is 10.6 Å². The van der Waals surface area contributed by atoms with E-state index in [0.717, 1.165) is 47.7 Å². The Hall–Kier alpha value is -2.49. The highest BCUT2D eigenvalue weighted by atomic mass is 35.5. The van der Waals surface area contributed by atoms with Crippen LogP contribution in [-0.4, -0.2) is 23.8 Å². The first-order valence-corrected chi connectivity index (χ1v) is 12.3. The lowest BCUT2D eigenvalue weighted by atomic mass is 9.94. The minimum absolute atomic E-state index is 0.340. The third-order valence-corrected chi connectivity index (χ3v) is 8.62. The molecule has 0 atom stereocenters. The first kappa shape index (κ1) is 19.8. The number of rotatable bonds is 4. The summed E-state index contributed by atoms with van der Waals surface area (Å²) in [7, 11) is -1.32. The predicted octanol–water partition coefficient (Wildman–Crippen LogP) is 5.64. The molecule has 5 nitrogen and oxygen atoms in total. The van der Waals surface area contributed by atoms with Crippen LogP contribution in [-0.2, 0) is 6.54 Å². The van der Waals surface area contributed by atoms with Crippen molar-refractivity contribution in [1.82, 2.24) is 5.32 Å². The van der Waals surface area contributed by atoms with Crippen molar-refractivity contribution in [3.63, 3.8) is 0 Å². The Morgan fingerprint density at radius 1 is 1.24 bits per heavy atom. The highest BCUT2D eigenvalue weighted by Gasteiger charge is 2.28. The van der Waals surface area contributed by atoms with Crippen molar-refractivity contribution in [2.45, 2.75) is 25.4 Å².